The Morgan fingerprint density at radius 2 is 1.69 bits per heavy atom. The molecule has 39 heavy (non-hydrogen) atoms. The summed E-state index contributed by atoms with van der Waals surface area (Å²) in [5.74, 6) is 0.0727. The SMILES string of the molecule is O=C1C(=O)N(CC2CCCO2)C(c2ccc(OCc3ccccc3)cc2)/C1=C(\O)c1ccc2c(c1)OCCO2. The first-order chi connectivity index (χ1) is 19.1. The fourth-order valence-electron chi connectivity index (χ4n) is 5.26. The molecule has 3 heterocycles. The summed E-state index contributed by atoms with van der Waals surface area (Å²) in [7, 11) is 0. The second-order valence-corrected chi connectivity index (χ2v) is 9.79. The number of hydrogen-bond acceptors (Lipinski definition) is 7. The summed E-state index contributed by atoms with van der Waals surface area (Å²) in [5, 5.41) is 11.4. The minimum atomic E-state index is -0.773. The van der Waals surface area contributed by atoms with Crippen LogP contribution in [0.2, 0.25) is 0 Å². The standard InChI is InChI=1S/C31H29NO7/c33-29(22-10-13-25-26(17-22)38-16-15-37-25)27-28(32(31(35)30(27)34)18-24-7-4-14-36-24)21-8-11-23(12-9-21)39-19-20-5-2-1-3-6-20/h1-3,5-6,8-13,17,24,28,33H,4,7,14-16,18-19H2/b29-27+. The van der Waals surface area contributed by atoms with Crippen molar-refractivity contribution in [1.29, 1.82) is 0 Å². The Morgan fingerprint density at radius 3 is 2.44 bits per heavy atom. The Kier molecular flexibility index (Phi) is 6.94. The van der Waals surface area contributed by atoms with E-state index in [1.807, 2.05) is 54.6 Å². The van der Waals surface area contributed by atoms with Gasteiger partial charge in [0.2, 0.25) is 0 Å². The Bertz CT molecular complexity index is 1390. The number of rotatable bonds is 7. The first kappa shape index (κ1) is 25.0. The third-order valence-electron chi connectivity index (χ3n) is 7.22. The van der Waals surface area contributed by atoms with Crippen LogP contribution in [0.3, 0.4) is 0 Å². The monoisotopic (exact) mass is 527 g/mol. The van der Waals surface area contributed by atoms with E-state index >= 15 is 0 Å². The lowest BCUT2D eigenvalue weighted by atomic mass is 9.95. The first-order valence-electron chi connectivity index (χ1n) is 13.2. The highest BCUT2D eigenvalue weighted by molar-refractivity contribution is 6.46. The van der Waals surface area contributed by atoms with Gasteiger partial charge in [-0.1, -0.05) is 42.5 Å². The number of ketones is 1. The van der Waals surface area contributed by atoms with Crippen molar-refractivity contribution >= 4 is 17.4 Å². The summed E-state index contributed by atoms with van der Waals surface area (Å²) in [6.07, 6.45) is 1.56. The molecule has 3 aromatic carbocycles. The van der Waals surface area contributed by atoms with Gasteiger partial charge >= 0.3 is 0 Å². The summed E-state index contributed by atoms with van der Waals surface area (Å²) in [4.78, 5) is 28.2. The molecule has 0 saturated carbocycles. The molecule has 1 N–H and O–H groups in total. The maximum Gasteiger partial charge on any atom is 0.295 e. The predicted molar refractivity (Wildman–Crippen MR) is 143 cm³/mol. The number of nitrogens with zero attached hydrogens (tertiary/aromatic N) is 1. The van der Waals surface area contributed by atoms with Gasteiger partial charge in [-0.2, -0.15) is 0 Å². The molecule has 1 amide bonds. The fraction of sp³-hybridized carbons (Fsp3) is 0.290. The second kappa shape index (κ2) is 10.8. The lowest BCUT2D eigenvalue weighted by Gasteiger charge is -2.27. The molecule has 0 spiro atoms. The normalized spacial score (nSPS) is 21.8. The molecule has 2 unspecified atom stereocenters. The highest BCUT2D eigenvalue weighted by Crippen LogP contribution is 2.42. The zero-order valence-electron chi connectivity index (χ0n) is 21.4. The maximum absolute atomic E-state index is 13.4. The molecule has 0 bridgehead atoms. The van der Waals surface area contributed by atoms with E-state index in [0.717, 1.165) is 18.4 Å². The fourth-order valence-corrected chi connectivity index (χ4v) is 5.26. The van der Waals surface area contributed by atoms with Gasteiger partial charge in [-0.15, -0.1) is 0 Å². The number of ether oxygens (including phenoxy) is 4. The molecule has 2 atom stereocenters. The number of hydrogen-bond donors (Lipinski definition) is 1. The van der Waals surface area contributed by atoms with Gasteiger partial charge < -0.3 is 29.0 Å². The Balaban J connectivity index is 1.34. The lowest BCUT2D eigenvalue weighted by Crippen LogP contribution is -2.36. The molecule has 3 aromatic rings. The molecule has 2 saturated heterocycles. The molecule has 0 radical (unpaired) electrons. The maximum atomic E-state index is 13.4. The van der Waals surface area contributed by atoms with Crippen LogP contribution in [-0.4, -0.2) is 54.2 Å². The van der Waals surface area contributed by atoms with Crippen molar-refractivity contribution in [2.45, 2.75) is 31.6 Å². The van der Waals surface area contributed by atoms with E-state index in [-0.39, 0.29) is 24.0 Å². The van der Waals surface area contributed by atoms with Crippen LogP contribution in [0.1, 0.15) is 35.6 Å². The quantitative estimate of drug-likeness (QED) is 0.272. The number of carbonyl (C=O) groups is 2. The number of aliphatic hydroxyl groups excluding tert-OH is 1. The highest BCUT2D eigenvalue weighted by atomic mass is 16.6. The molecule has 8 nitrogen and oxygen atoms in total. The van der Waals surface area contributed by atoms with Gasteiger partial charge in [0.25, 0.3) is 11.7 Å². The second-order valence-electron chi connectivity index (χ2n) is 9.79. The number of fused-ring (bicyclic) bond motifs is 1. The van der Waals surface area contributed by atoms with Gasteiger partial charge in [0.15, 0.2) is 11.5 Å². The van der Waals surface area contributed by atoms with Gasteiger partial charge in [-0.25, -0.2) is 0 Å². The number of aliphatic hydroxyl groups is 1. The van der Waals surface area contributed by atoms with E-state index < -0.39 is 17.7 Å². The van der Waals surface area contributed by atoms with Crippen molar-refractivity contribution in [2.75, 3.05) is 26.4 Å². The Labute approximate surface area is 226 Å². The molecule has 6 rings (SSSR count). The molecule has 3 aliphatic rings. The average molecular weight is 528 g/mol. The molecular weight excluding hydrogens is 498 g/mol. The predicted octanol–water partition coefficient (Wildman–Crippen LogP) is 4.64. The zero-order valence-corrected chi connectivity index (χ0v) is 21.4. The summed E-state index contributed by atoms with van der Waals surface area (Å²) in [5.41, 5.74) is 2.15. The molecular formula is C31H29NO7. The Morgan fingerprint density at radius 1 is 0.923 bits per heavy atom. The van der Waals surface area contributed by atoms with Crippen LogP contribution >= 0.6 is 0 Å². The number of Topliss-reactive ketones (excluding diaryl/α,β-unsaturated/α-hetero) is 1. The van der Waals surface area contributed by atoms with Crippen LogP contribution in [0.15, 0.2) is 78.4 Å². The van der Waals surface area contributed by atoms with Gasteiger partial charge in [-0.3, -0.25) is 9.59 Å². The van der Waals surface area contributed by atoms with E-state index in [2.05, 4.69) is 0 Å². The molecule has 2 fully saturated rings. The van der Waals surface area contributed by atoms with Gasteiger partial charge in [-0.05, 0) is 54.3 Å². The number of carbonyl (C=O) groups excluding carboxylic acids is 2. The van der Waals surface area contributed by atoms with Crippen LogP contribution < -0.4 is 14.2 Å². The van der Waals surface area contributed by atoms with Gasteiger partial charge in [0.1, 0.15) is 31.3 Å². The van der Waals surface area contributed by atoms with E-state index in [9.17, 15) is 14.7 Å². The minimum Gasteiger partial charge on any atom is -0.507 e. The van der Waals surface area contributed by atoms with E-state index in [0.29, 0.717) is 54.8 Å². The number of likely N-dealkylation sites (tertiary alicyclic amines) is 1. The van der Waals surface area contributed by atoms with Crippen molar-refractivity contribution in [1.82, 2.24) is 4.90 Å². The summed E-state index contributed by atoms with van der Waals surface area (Å²) in [6, 6.07) is 21.4. The first-order valence-corrected chi connectivity index (χ1v) is 13.2. The Hall–Kier alpha value is -4.30. The topological polar surface area (TPSA) is 94.5 Å². The summed E-state index contributed by atoms with van der Waals surface area (Å²) >= 11 is 0. The number of amides is 1. The van der Waals surface area contributed by atoms with E-state index in [4.69, 9.17) is 18.9 Å². The molecule has 0 aromatic heterocycles. The van der Waals surface area contributed by atoms with Crippen molar-refractivity contribution in [3.8, 4) is 17.2 Å². The molecule has 3 aliphatic heterocycles. The van der Waals surface area contributed by atoms with Crippen molar-refractivity contribution in [3.63, 3.8) is 0 Å². The van der Waals surface area contributed by atoms with Crippen LogP contribution in [0, 0.1) is 0 Å². The van der Waals surface area contributed by atoms with Crippen LogP contribution in [0.4, 0.5) is 0 Å². The van der Waals surface area contributed by atoms with Crippen molar-refractivity contribution in [3.05, 3.63) is 95.1 Å². The molecule has 8 heteroatoms. The van der Waals surface area contributed by atoms with Crippen LogP contribution in [0.25, 0.3) is 5.76 Å². The molecule has 200 valence electrons. The summed E-state index contributed by atoms with van der Waals surface area (Å²) in [6.45, 7) is 2.14. The van der Waals surface area contributed by atoms with Crippen LogP contribution in [-0.2, 0) is 20.9 Å². The average Bonchev–Trinajstić information content (AvgIpc) is 3.59. The molecule has 0 aliphatic carbocycles. The lowest BCUT2D eigenvalue weighted by molar-refractivity contribution is -0.140. The number of benzene rings is 3. The summed E-state index contributed by atoms with van der Waals surface area (Å²) < 4.78 is 23.0. The van der Waals surface area contributed by atoms with E-state index in [1.165, 1.54) is 4.90 Å². The van der Waals surface area contributed by atoms with Crippen molar-refractivity contribution in [2.24, 2.45) is 0 Å². The van der Waals surface area contributed by atoms with Crippen LogP contribution in [0.5, 0.6) is 17.2 Å². The van der Waals surface area contributed by atoms with Gasteiger partial charge in [0, 0.05) is 18.7 Å². The third-order valence-corrected chi connectivity index (χ3v) is 7.22. The minimum absolute atomic E-state index is 0.0348. The van der Waals surface area contributed by atoms with Crippen molar-refractivity contribution < 1.29 is 33.6 Å². The third kappa shape index (κ3) is 5.07. The van der Waals surface area contributed by atoms with E-state index in [1.54, 1.807) is 18.2 Å². The van der Waals surface area contributed by atoms with Gasteiger partial charge in [0.05, 0.1) is 17.7 Å². The smallest absolute Gasteiger partial charge is 0.295 e. The zero-order chi connectivity index (χ0) is 26.8. The largest absolute Gasteiger partial charge is 0.507 e. The highest BCUT2D eigenvalue weighted by Gasteiger charge is 2.47.